The summed E-state index contributed by atoms with van der Waals surface area (Å²) >= 11 is 1.01. The fourth-order valence-electron chi connectivity index (χ4n) is 3.22. The van der Waals surface area contributed by atoms with Crippen LogP contribution < -0.4 is 5.32 Å². The number of benzene rings is 1. The predicted octanol–water partition coefficient (Wildman–Crippen LogP) is 4.80. The number of nitrogens with one attached hydrogen (secondary N) is 1. The highest BCUT2D eigenvalue weighted by molar-refractivity contribution is 7.18. The molecule has 1 N–H and O–H groups in total. The highest BCUT2D eigenvalue weighted by Crippen LogP contribution is 2.33. The van der Waals surface area contributed by atoms with Crippen LogP contribution in [0.3, 0.4) is 0 Å². The number of nitriles is 1. The third-order valence-corrected chi connectivity index (χ3v) is 5.55. The van der Waals surface area contributed by atoms with Gasteiger partial charge in [0.15, 0.2) is 5.13 Å². The number of ether oxygens (including phenoxy) is 1. The third kappa shape index (κ3) is 3.91. The smallest absolute Gasteiger partial charge is 0.350 e. The molecular formula is C23H18N4O4S. The van der Waals surface area contributed by atoms with Gasteiger partial charge in [-0.15, -0.1) is 0 Å². The van der Waals surface area contributed by atoms with Crippen LogP contribution >= 0.6 is 11.3 Å². The summed E-state index contributed by atoms with van der Waals surface area (Å²) in [5.41, 5.74) is 1.37. The highest BCUT2D eigenvalue weighted by Gasteiger charge is 2.27. The fraction of sp³-hybridized carbons (Fsp3) is 0.130. The van der Waals surface area contributed by atoms with Gasteiger partial charge in [-0.05, 0) is 26.0 Å². The van der Waals surface area contributed by atoms with Crippen molar-refractivity contribution in [1.29, 1.82) is 5.26 Å². The summed E-state index contributed by atoms with van der Waals surface area (Å²) in [6.07, 6.45) is 3.44. The number of amides is 1. The van der Waals surface area contributed by atoms with Gasteiger partial charge in [0.2, 0.25) is 5.88 Å². The number of hydrogen-bond donors (Lipinski definition) is 1. The van der Waals surface area contributed by atoms with Crippen LogP contribution in [0.15, 0.2) is 59.3 Å². The Bertz CT molecular complexity index is 1310. The van der Waals surface area contributed by atoms with Crippen LogP contribution in [0.5, 0.6) is 0 Å². The van der Waals surface area contributed by atoms with Crippen molar-refractivity contribution < 1.29 is 18.7 Å². The van der Waals surface area contributed by atoms with Crippen LogP contribution in [0.25, 0.3) is 17.1 Å². The number of nitrogens with zero attached hydrogens (tertiary/aromatic N) is 3. The van der Waals surface area contributed by atoms with Crippen molar-refractivity contribution in [2.75, 3.05) is 11.9 Å². The number of carbonyl (C=O) groups is 2. The van der Waals surface area contributed by atoms with E-state index < -0.39 is 11.9 Å². The summed E-state index contributed by atoms with van der Waals surface area (Å²) in [6, 6.07) is 14.8. The van der Waals surface area contributed by atoms with E-state index in [1.165, 1.54) is 0 Å². The maximum absolute atomic E-state index is 13.1. The van der Waals surface area contributed by atoms with Gasteiger partial charge in [-0.3, -0.25) is 14.7 Å². The summed E-state index contributed by atoms with van der Waals surface area (Å²) < 4.78 is 12.5. The molecule has 4 aromatic rings. The molecular weight excluding hydrogens is 428 g/mol. The van der Waals surface area contributed by atoms with E-state index in [-0.39, 0.29) is 33.6 Å². The summed E-state index contributed by atoms with van der Waals surface area (Å²) in [6.45, 7) is 3.55. The summed E-state index contributed by atoms with van der Waals surface area (Å²) in [5, 5.41) is 12.6. The lowest BCUT2D eigenvalue weighted by Gasteiger charge is -2.01. The SMILES string of the molecule is CCOC(=O)c1sc(NC(=O)c2c(C)oc(-n3cccc3)c2C#N)nc1-c1ccccc1. The lowest BCUT2D eigenvalue weighted by Crippen LogP contribution is -2.13. The molecule has 0 atom stereocenters. The van der Waals surface area contributed by atoms with Crippen molar-refractivity contribution in [3.05, 3.63) is 76.6 Å². The minimum absolute atomic E-state index is 0.113. The van der Waals surface area contributed by atoms with Gasteiger partial charge in [-0.1, -0.05) is 41.7 Å². The normalized spacial score (nSPS) is 10.5. The summed E-state index contributed by atoms with van der Waals surface area (Å²) in [5.74, 6) is -0.508. The molecule has 0 spiro atoms. The van der Waals surface area contributed by atoms with Gasteiger partial charge in [-0.25, -0.2) is 9.78 Å². The molecule has 4 rings (SSSR count). The van der Waals surface area contributed by atoms with Crippen molar-refractivity contribution in [2.45, 2.75) is 13.8 Å². The van der Waals surface area contributed by atoms with Crippen molar-refractivity contribution in [1.82, 2.24) is 9.55 Å². The van der Waals surface area contributed by atoms with Gasteiger partial charge in [0.1, 0.15) is 27.8 Å². The minimum Gasteiger partial charge on any atom is -0.462 e. The average molecular weight is 446 g/mol. The molecule has 0 fully saturated rings. The molecule has 0 aliphatic rings. The molecule has 0 unspecified atom stereocenters. The van der Waals surface area contributed by atoms with E-state index in [4.69, 9.17) is 9.15 Å². The first kappa shape index (κ1) is 21.1. The molecule has 0 radical (unpaired) electrons. The van der Waals surface area contributed by atoms with Crippen molar-refractivity contribution in [2.24, 2.45) is 0 Å². The predicted molar refractivity (Wildman–Crippen MR) is 119 cm³/mol. The van der Waals surface area contributed by atoms with Crippen LogP contribution in [0.2, 0.25) is 0 Å². The number of hydrogen-bond acceptors (Lipinski definition) is 7. The first-order valence-corrected chi connectivity index (χ1v) is 10.6. The van der Waals surface area contributed by atoms with E-state index >= 15 is 0 Å². The Morgan fingerprint density at radius 2 is 1.94 bits per heavy atom. The molecule has 3 heterocycles. The van der Waals surface area contributed by atoms with Gasteiger partial charge in [0.25, 0.3) is 5.91 Å². The first-order valence-electron chi connectivity index (χ1n) is 9.75. The summed E-state index contributed by atoms with van der Waals surface area (Å²) in [4.78, 5) is 30.3. The number of anilines is 1. The molecule has 3 aromatic heterocycles. The van der Waals surface area contributed by atoms with E-state index in [9.17, 15) is 14.9 Å². The van der Waals surface area contributed by atoms with Gasteiger partial charge in [0.05, 0.1) is 12.3 Å². The minimum atomic E-state index is -0.551. The maximum atomic E-state index is 13.1. The summed E-state index contributed by atoms with van der Waals surface area (Å²) in [7, 11) is 0. The number of furan rings is 1. The molecule has 0 aliphatic heterocycles. The van der Waals surface area contributed by atoms with Gasteiger partial charge in [0, 0.05) is 18.0 Å². The molecule has 8 nitrogen and oxygen atoms in total. The Morgan fingerprint density at radius 3 is 2.59 bits per heavy atom. The van der Waals surface area contributed by atoms with Gasteiger partial charge >= 0.3 is 5.97 Å². The average Bonchev–Trinajstić information content (AvgIpc) is 3.52. The van der Waals surface area contributed by atoms with Crippen LogP contribution in [-0.2, 0) is 4.74 Å². The number of aromatic nitrogens is 2. The van der Waals surface area contributed by atoms with Gasteiger partial charge in [-0.2, -0.15) is 5.26 Å². The molecule has 160 valence electrons. The zero-order valence-electron chi connectivity index (χ0n) is 17.3. The molecule has 0 saturated carbocycles. The number of carbonyl (C=O) groups excluding carboxylic acids is 2. The zero-order chi connectivity index (χ0) is 22.7. The van der Waals surface area contributed by atoms with E-state index in [0.29, 0.717) is 11.5 Å². The zero-order valence-corrected chi connectivity index (χ0v) is 18.1. The van der Waals surface area contributed by atoms with E-state index in [1.807, 2.05) is 30.3 Å². The number of thiazole rings is 1. The molecule has 0 bridgehead atoms. The second kappa shape index (κ2) is 8.91. The van der Waals surface area contributed by atoms with E-state index in [1.54, 1.807) is 42.9 Å². The molecule has 1 amide bonds. The molecule has 1 aromatic carbocycles. The van der Waals surface area contributed by atoms with Crippen LogP contribution in [-0.4, -0.2) is 28.0 Å². The van der Waals surface area contributed by atoms with Crippen molar-refractivity contribution >= 4 is 28.3 Å². The third-order valence-electron chi connectivity index (χ3n) is 4.60. The standard InChI is InChI=1S/C23H18N4O4S/c1-3-30-22(29)19-18(15-9-5-4-6-10-15)25-23(32-19)26-20(28)17-14(2)31-21(16(17)13-24)27-11-7-8-12-27/h4-12H,3H2,1-2H3,(H,25,26,28). The van der Waals surface area contributed by atoms with E-state index in [2.05, 4.69) is 16.4 Å². The Kier molecular flexibility index (Phi) is 5.87. The highest BCUT2D eigenvalue weighted by atomic mass is 32.1. The lowest BCUT2D eigenvalue weighted by atomic mass is 10.1. The Hall–Kier alpha value is -4.16. The Labute approximate surface area is 187 Å². The fourth-order valence-corrected chi connectivity index (χ4v) is 4.10. The second-order valence-corrected chi connectivity index (χ2v) is 7.65. The Balaban J connectivity index is 1.70. The molecule has 0 saturated heterocycles. The number of rotatable bonds is 6. The second-order valence-electron chi connectivity index (χ2n) is 6.65. The molecule has 0 aliphatic carbocycles. The Morgan fingerprint density at radius 1 is 1.22 bits per heavy atom. The van der Waals surface area contributed by atoms with Crippen molar-refractivity contribution in [3.8, 4) is 23.2 Å². The number of esters is 1. The monoisotopic (exact) mass is 446 g/mol. The van der Waals surface area contributed by atoms with Crippen molar-refractivity contribution in [3.63, 3.8) is 0 Å². The molecule has 32 heavy (non-hydrogen) atoms. The topological polar surface area (TPSA) is 110 Å². The maximum Gasteiger partial charge on any atom is 0.350 e. The van der Waals surface area contributed by atoms with Crippen LogP contribution in [0.4, 0.5) is 5.13 Å². The van der Waals surface area contributed by atoms with E-state index in [0.717, 1.165) is 16.9 Å². The van der Waals surface area contributed by atoms with Crippen LogP contribution in [0.1, 0.15) is 38.3 Å². The van der Waals surface area contributed by atoms with Crippen LogP contribution in [0, 0.1) is 18.3 Å². The first-order chi connectivity index (χ1) is 15.5. The largest absolute Gasteiger partial charge is 0.462 e. The lowest BCUT2D eigenvalue weighted by molar-refractivity contribution is 0.0532. The number of aryl methyl sites for hydroxylation is 1. The molecule has 9 heteroatoms. The quantitative estimate of drug-likeness (QED) is 0.426. The van der Waals surface area contributed by atoms with Gasteiger partial charge < -0.3 is 9.15 Å².